The van der Waals surface area contributed by atoms with Gasteiger partial charge < -0.3 is 24.3 Å². The molecular weight excluding hydrogens is 557 g/mol. The normalized spacial score (nSPS) is 15.0. The molecule has 1 aliphatic rings. The van der Waals surface area contributed by atoms with Gasteiger partial charge in [0.15, 0.2) is 8.29 Å². The van der Waals surface area contributed by atoms with Gasteiger partial charge in [0.25, 0.3) is 0 Å². The van der Waals surface area contributed by atoms with Crippen molar-refractivity contribution < 1.29 is 19.3 Å². The summed E-state index contributed by atoms with van der Waals surface area (Å²) in [5, 5.41) is 9.82. The molecule has 0 bridgehead atoms. The van der Waals surface area contributed by atoms with Gasteiger partial charge in [0.05, 0.1) is 46.4 Å². The van der Waals surface area contributed by atoms with Crippen LogP contribution in [-0.4, -0.2) is 66.1 Å². The van der Waals surface area contributed by atoms with Crippen LogP contribution in [0.2, 0.25) is 0 Å². The number of epoxide rings is 1. The number of hydrogen-bond donors (Lipinski definition) is 2. The van der Waals surface area contributed by atoms with Gasteiger partial charge in [-0.05, 0) is 49.3 Å². The summed E-state index contributed by atoms with van der Waals surface area (Å²) in [7, 11) is 0. The van der Waals surface area contributed by atoms with E-state index in [0.29, 0.717) is 18.5 Å². The van der Waals surface area contributed by atoms with Gasteiger partial charge in [-0.1, -0.05) is 62.7 Å². The number of benzene rings is 2. The number of aromatic amines is 1. The lowest BCUT2D eigenvalue weighted by Crippen LogP contribution is -2.18. The molecule has 2 unspecified atom stereocenters. The fourth-order valence-electron chi connectivity index (χ4n) is 3.11. The van der Waals surface area contributed by atoms with Gasteiger partial charge in [-0.3, -0.25) is 0 Å². The van der Waals surface area contributed by atoms with Crippen molar-refractivity contribution in [1.29, 1.82) is 0 Å². The first-order valence-electron chi connectivity index (χ1n) is 13.1. The second-order valence-electron chi connectivity index (χ2n) is 8.74. The first-order chi connectivity index (χ1) is 18.6. The highest BCUT2D eigenvalue weighted by Crippen LogP contribution is 2.29. The molecule has 6 nitrogen and oxygen atoms in total. The second kappa shape index (κ2) is 18.1. The van der Waals surface area contributed by atoms with Crippen molar-refractivity contribution in [2.75, 3.05) is 38.8 Å². The molecule has 10 heteroatoms. The fraction of sp³-hybridized carbons (Fsp3) is 0.500. The van der Waals surface area contributed by atoms with Crippen LogP contribution in [0, 0.1) is 3.95 Å². The van der Waals surface area contributed by atoms with E-state index in [-0.39, 0.29) is 0 Å². The Morgan fingerprint density at radius 2 is 1.74 bits per heavy atom. The van der Waals surface area contributed by atoms with Crippen molar-refractivity contribution in [3.05, 3.63) is 52.5 Å². The van der Waals surface area contributed by atoms with Crippen LogP contribution < -0.4 is 0 Å². The molecule has 1 aliphatic heterocycles. The number of H-pyrrole nitrogens is 1. The molecule has 5 rings (SSSR count). The number of unbranched alkanes of at least 4 members (excludes halogenated alkanes) is 2. The molecule has 2 atom stereocenters. The van der Waals surface area contributed by atoms with E-state index in [2.05, 4.69) is 35.9 Å². The second-order valence-corrected chi connectivity index (χ2v) is 12.8. The molecule has 38 heavy (non-hydrogen) atoms. The zero-order valence-corrected chi connectivity index (χ0v) is 25.4. The summed E-state index contributed by atoms with van der Waals surface area (Å²) >= 11 is 9.85. The maximum Gasteiger partial charge on any atom is 0.159 e. The van der Waals surface area contributed by atoms with Crippen molar-refractivity contribution in [1.82, 2.24) is 9.97 Å². The summed E-state index contributed by atoms with van der Waals surface area (Å²) in [6.07, 6.45) is 4.57. The average Bonchev–Trinajstić information content (AvgIpc) is 3.53. The number of nitrogens with zero attached hydrogens (tertiary/aromatic N) is 1. The maximum absolute atomic E-state index is 9.82. The van der Waals surface area contributed by atoms with Gasteiger partial charge in [0.2, 0.25) is 0 Å². The lowest BCUT2D eigenvalue weighted by atomic mass is 10.3. The van der Waals surface area contributed by atoms with E-state index in [1.54, 1.807) is 34.4 Å². The highest BCUT2D eigenvalue weighted by molar-refractivity contribution is 8.01. The van der Waals surface area contributed by atoms with Crippen molar-refractivity contribution in [3.8, 4) is 0 Å². The Kier molecular flexibility index (Phi) is 14.8. The van der Waals surface area contributed by atoms with E-state index in [4.69, 9.17) is 26.4 Å². The number of para-hydroxylation sites is 2. The number of ether oxygens (including phenoxy) is 3. The molecular formula is C28H38N2O4S4. The number of aromatic nitrogens is 2. The fourth-order valence-corrected chi connectivity index (χ4v) is 6.23. The number of rotatable bonds is 13. The molecule has 4 aromatic rings. The van der Waals surface area contributed by atoms with Crippen LogP contribution in [0.15, 0.2) is 52.9 Å². The van der Waals surface area contributed by atoms with Crippen molar-refractivity contribution in [3.63, 3.8) is 0 Å². The van der Waals surface area contributed by atoms with Crippen LogP contribution in [0.4, 0.5) is 0 Å². The summed E-state index contributed by atoms with van der Waals surface area (Å²) in [6, 6.07) is 16.2. The number of fused-ring (bicyclic) bond motifs is 2. The van der Waals surface area contributed by atoms with Gasteiger partial charge in [-0.2, -0.15) is 0 Å². The Labute approximate surface area is 242 Å². The minimum Gasteiger partial charge on any atom is -0.390 e. The third kappa shape index (κ3) is 12.2. The Morgan fingerprint density at radius 3 is 2.42 bits per heavy atom. The SMILES string of the molecule is CCCCOCC(O)CSc1nc2ccccc2s1.CCCCOCC1CO1.S=c1[nH]c2ccccc2s1. The van der Waals surface area contributed by atoms with E-state index in [1.807, 2.05) is 36.4 Å². The average molecular weight is 595 g/mol. The van der Waals surface area contributed by atoms with Crippen molar-refractivity contribution in [2.45, 2.75) is 56.1 Å². The monoisotopic (exact) mass is 594 g/mol. The van der Waals surface area contributed by atoms with E-state index >= 15 is 0 Å². The lowest BCUT2D eigenvalue weighted by Gasteiger charge is -2.09. The maximum atomic E-state index is 9.82. The zero-order valence-electron chi connectivity index (χ0n) is 22.1. The van der Waals surface area contributed by atoms with E-state index < -0.39 is 6.10 Å². The Bertz CT molecular complexity index is 1170. The first kappa shape index (κ1) is 31.2. The minimum absolute atomic E-state index is 0.415. The van der Waals surface area contributed by atoms with Gasteiger partial charge in [-0.25, -0.2) is 4.98 Å². The Hall–Kier alpha value is -1.37. The molecule has 208 valence electrons. The molecule has 1 saturated heterocycles. The highest BCUT2D eigenvalue weighted by Gasteiger charge is 2.21. The molecule has 3 heterocycles. The van der Waals surface area contributed by atoms with Crippen LogP contribution in [0.1, 0.15) is 39.5 Å². The largest absolute Gasteiger partial charge is 0.390 e. The van der Waals surface area contributed by atoms with Crippen LogP contribution in [0.25, 0.3) is 20.4 Å². The molecule has 0 spiro atoms. The summed E-state index contributed by atoms with van der Waals surface area (Å²) in [6.45, 7) is 8.06. The van der Waals surface area contributed by atoms with Gasteiger partial charge in [-0.15, -0.1) is 22.7 Å². The number of thiazole rings is 2. The standard InChI is InChI=1S/C14H19NO2S2.C7H5NS2.C7H14O2/c1-2-3-8-17-9-11(16)10-18-14-15-12-6-4-5-7-13(12)19-14;9-7-8-5-3-1-2-4-6(5)10-7;1-2-3-4-8-5-7-6-9-7/h4-7,11,16H,2-3,8-10H2,1H3;1-4H,(H,8,9);7H,2-6H2,1H3. The predicted molar refractivity (Wildman–Crippen MR) is 165 cm³/mol. The van der Waals surface area contributed by atoms with Crippen LogP contribution in [0.3, 0.4) is 0 Å². The van der Waals surface area contributed by atoms with Crippen LogP contribution in [-0.2, 0) is 14.2 Å². The van der Waals surface area contributed by atoms with Gasteiger partial charge in [0, 0.05) is 19.0 Å². The number of hydrogen-bond acceptors (Lipinski definition) is 9. The Morgan fingerprint density at radius 1 is 1.05 bits per heavy atom. The quantitative estimate of drug-likeness (QED) is 0.0710. The van der Waals surface area contributed by atoms with Crippen molar-refractivity contribution in [2.24, 2.45) is 0 Å². The van der Waals surface area contributed by atoms with E-state index in [9.17, 15) is 5.11 Å². The first-order valence-corrected chi connectivity index (χ1v) is 16.1. The minimum atomic E-state index is -0.422. The Balaban J connectivity index is 0.000000176. The van der Waals surface area contributed by atoms with Crippen molar-refractivity contribution >= 4 is 67.1 Å². The summed E-state index contributed by atoms with van der Waals surface area (Å²) in [4.78, 5) is 7.62. The summed E-state index contributed by atoms with van der Waals surface area (Å²) in [5.41, 5.74) is 2.17. The number of nitrogens with one attached hydrogen (secondary N) is 1. The molecule has 2 aromatic carbocycles. The number of thioether (sulfide) groups is 1. The molecule has 1 fully saturated rings. The topological polar surface area (TPSA) is 79.9 Å². The summed E-state index contributed by atoms with van der Waals surface area (Å²) in [5.74, 6) is 0.631. The molecule has 0 amide bonds. The zero-order chi connectivity index (χ0) is 27.0. The van der Waals surface area contributed by atoms with Gasteiger partial charge >= 0.3 is 0 Å². The lowest BCUT2D eigenvalue weighted by molar-refractivity contribution is 0.0473. The molecule has 2 N–H and O–H groups in total. The molecule has 0 aliphatic carbocycles. The number of aliphatic hydroxyl groups is 1. The third-order valence-electron chi connectivity index (χ3n) is 5.30. The van der Waals surface area contributed by atoms with Gasteiger partial charge in [0.1, 0.15) is 6.10 Å². The molecule has 0 saturated carbocycles. The predicted octanol–water partition coefficient (Wildman–Crippen LogP) is 7.73. The van der Waals surface area contributed by atoms with Crippen LogP contribution >= 0.6 is 46.7 Å². The molecule has 0 radical (unpaired) electrons. The number of aliphatic hydroxyl groups excluding tert-OH is 1. The highest BCUT2D eigenvalue weighted by atomic mass is 32.2. The van der Waals surface area contributed by atoms with Crippen LogP contribution in [0.5, 0.6) is 0 Å². The third-order valence-corrected chi connectivity index (χ3v) is 8.84. The van der Waals surface area contributed by atoms with E-state index in [0.717, 1.165) is 58.6 Å². The summed E-state index contributed by atoms with van der Waals surface area (Å²) < 4.78 is 19.9. The van der Waals surface area contributed by atoms with E-state index in [1.165, 1.54) is 22.2 Å². The molecule has 2 aromatic heterocycles. The smallest absolute Gasteiger partial charge is 0.159 e.